The Morgan fingerprint density at radius 1 is 1.19 bits per heavy atom. The number of hydrogen-bond acceptors (Lipinski definition) is 3. The average Bonchev–Trinajstić information content (AvgIpc) is 2.48. The van der Waals surface area contributed by atoms with Crippen molar-refractivity contribution in [2.75, 3.05) is 0 Å². The normalized spacial score (nSPS) is 23.3. The van der Waals surface area contributed by atoms with Crippen molar-refractivity contribution in [3.05, 3.63) is 35.9 Å². The molecule has 3 atom stereocenters. The minimum absolute atomic E-state index is 0.0658. The summed E-state index contributed by atoms with van der Waals surface area (Å²) in [4.78, 5) is 23.4. The van der Waals surface area contributed by atoms with E-state index in [2.05, 4.69) is 5.32 Å². The topological polar surface area (TPSA) is 86.6 Å². The van der Waals surface area contributed by atoms with Crippen molar-refractivity contribution >= 4 is 11.9 Å². The predicted octanol–water partition coefficient (Wildman–Crippen LogP) is 1.87. The van der Waals surface area contributed by atoms with Crippen molar-refractivity contribution < 1.29 is 19.8 Å². The molecule has 1 amide bonds. The molecule has 3 N–H and O–H groups in total. The molecule has 1 aromatic rings. The van der Waals surface area contributed by atoms with Crippen molar-refractivity contribution in [3.8, 4) is 0 Å². The smallest absolute Gasteiger partial charge is 0.330 e. The van der Waals surface area contributed by atoms with Crippen LogP contribution in [0.1, 0.15) is 43.7 Å². The quantitative estimate of drug-likeness (QED) is 0.773. The van der Waals surface area contributed by atoms with Crippen LogP contribution < -0.4 is 5.32 Å². The van der Waals surface area contributed by atoms with Gasteiger partial charge in [0.2, 0.25) is 5.91 Å². The first-order valence-electron chi connectivity index (χ1n) is 7.33. The molecule has 0 aliphatic heterocycles. The number of rotatable bonds is 5. The Bertz CT molecular complexity index is 488. The fraction of sp³-hybridized carbons (Fsp3) is 0.500. The first-order valence-corrected chi connectivity index (χ1v) is 7.33. The maximum atomic E-state index is 12.1. The number of carbonyl (C=O) groups is 2. The molecule has 21 heavy (non-hydrogen) atoms. The molecular formula is C16H21NO4. The summed E-state index contributed by atoms with van der Waals surface area (Å²) in [6.07, 6.45) is 3.26. The van der Waals surface area contributed by atoms with Gasteiger partial charge in [-0.15, -0.1) is 0 Å². The molecule has 0 spiro atoms. The summed E-state index contributed by atoms with van der Waals surface area (Å²) >= 11 is 0. The van der Waals surface area contributed by atoms with E-state index in [9.17, 15) is 19.8 Å². The van der Waals surface area contributed by atoms with Crippen LogP contribution in [0.5, 0.6) is 0 Å². The third-order valence-corrected chi connectivity index (χ3v) is 4.00. The number of carboxylic acids is 1. The van der Waals surface area contributed by atoms with Crippen molar-refractivity contribution in [3.63, 3.8) is 0 Å². The van der Waals surface area contributed by atoms with Crippen LogP contribution in [-0.2, 0) is 9.59 Å². The molecule has 1 aromatic carbocycles. The molecule has 5 nitrogen and oxygen atoms in total. The highest BCUT2D eigenvalue weighted by atomic mass is 16.4. The summed E-state index contributed by atoms with van der Waals surface area (Å²) in [5, 5.41) is 21.7. The number of nitrogens with one attached hydrogen (secondary N) is 1. The van der Waals surface area contributed by atoms with Crippen LogP contribution in [0, 0.1) is 5.92 Å². The predicted molar refractivity (Wildman–Crippen MR) is 77.5 cm³/mol. The second-order valence-corrected chi connectivity index (χ2v) is 5.57. The zero-order chi connectivity index (χ0) is 15.2. The molecule has 0 bridgehead atoms. The van der Waals surface area contributed by atoms with Gasteiger partial charge in [-0.1, -0.05) is 43.2 Å². The van der Waals surface area contributed by atoms with Crippen molar-refractivity contribution in [2.24, 2.45) is 5.92 Å². The summed E-state index contributed by atoms with van der Waals surface area (Å²) in [7, 11) is 0. The van der Waals surface area contributed by atoms with Crippen LogP contribution in [0.15, 0.2) is 30.3 Å². The zero-order valence-electron chi connectivity index (χ0n) is 11.9. The first kappa shape index (κ1) is 15.5. The van der Waals surface area contributed by atoms with E-state index in [1.165, 1.54) is 0 Å². The summed E-state index contributed by atoms with van der Waals surface area (Å²) in [6, 6.07) is 7.58. The Balaban J connectivity index is 1.97. The molecule has 1 fully saturated rings. The lowest BCUT2D eigenvalue weighted by Crippen LogP contribution is -2.37. The highest BCUT2D eigenvalue weighted by Crippen LogP contribution is 2.27. The largest absolute Gasteiger partial charge is 0.479 e. The Hall–Kier alpha value is -1.88. The maximum absolute atomic E-state index is 12.1. The summed E-state index contributed by atoms with van der Waals surface area (Å²) in [5.74, 6) is -1.47. The van der Waals surface area contributed by atoms with Gasteiger partial charge in [-0.25, -0.2) is 4.79 Å². The van der Waals surface area contributed by atoms with Crippen LogP contribution in [-0.4, -0.2) is 28.2 Å². The van der Waals surface area contributed by atoms with E-state index in [0.29, 0.717) is 5.56 Å². The highest BCUT2D eigenvalue weighted by molar-refractivity contribution is 5.84. The Morgan fingerprint density at radius 3 is 2.48 bits per heavy atom. The Morgan fingerprint density at radius 2 is 1.86 bits per heavy atom. The molecule has 0 unspecified atom stereocenters. The summed E-state index contributed by atoms with van der Waals surface area (Å²) in [5.41, 5.74) is 0.544. The van der Waals surface area contributed by atoms with E-state index in [-0.39, 0.29) is 18.2 Å². The fourth-order valence-corrected chi connectivity index (χ4v) is 2.82. The van der Waals surface area contributed by atoms with Gasteiger partial charge >= 0.3 is 5.97 Å². The second-order valence-electron chi connectivity index (χ2n) is 5.57. The molecule has 0 heterocycles. The molecule has 0 radical (unpaired) electrons. The SMILES string of the molecule is O=C(C[C@@H]1CCCC[C@H]1O)N[C@H](C(=O)O)c1ccccc1. The van der Waals surface area contributed by atoms with E-state index >= 15 is 0 Å². The number of amides is 1. The molecule has 0 aromatic heterocycles. The number of hydrogen-bond donors (Lipinski definition) is 3. The molecule has 1 aliphatic rings. The first-order chi connectivity index (χ1) is 10.1. The van der Waals surface area contributed by atoms with Crippen LogP contribution in [0.3, 0.4) is 0 Å². The minimum atomic E-state index is -1.08. The lowest BCUT2D eigenvalue weighted by molar-refractivity contribution is -0.142. The van der Waals surface area contributed by atoms with Gasteiger partial charge in [-0.2, -0.15) is 0 Å². The molecule has 0 saturated heterocycles. The van der Waals surface area contributed by atoms with Gasteiger partial charge in [0.05, 0.1) is 6.10 Å². The lowest BCUT2D eigenvalue weighted by atomic mass is 9.84. The minimum Gasteiger partial charge on any atom is -0.479 e. The third kappa shape index (κ3) is 4.29. The maximum Gasteiger partial charge on any atom is 0.330 e. The summed E-state index contributed by atoms with van der Waals surface area (Å²) in [6.45, 7) is 0. The van der Waals surface area contributed by atoms with E-state index < -0.39 is 18.1 Å². The van der Waals surface area contributed by atoms with Crippen molar-refractivity contribution in [2.45, 2.75) is 44.2 Å². The molecule has 1 aliphatic carbocycles. The number of carboxylic acid groups (broad SMARTS) is 1. The van der Waals surface area contributed by atoms with Crippen molar-refractivity contribution in [1.82, 2.24) is 5.32 Å². The van der Waals surface area contributed by atoms with Gasteiger partial charge in [-0.3, -0.25) is 4.79 Å². The van der Waals surface area contributed by atoms with Crippen LogP contribution in [0.4, 0.5) is 0 Å². The Labute approximate surface area is 124 Å². The van der Waals surface area contributed by atoms with Gasteiger partial charge in [0, 0.05) is 6.42 Å². The monoisotopic (exact) mass is 291 g/mol. The molecule has 114 valence electrons. The van der Waals surface area contributed by atoms with Crippen molar-refractivity contribution in [1.29, 1.82) is 0 Å². The molecular weight excluding hydrogens is 270 g/mol. The van der Waals surface area contributed by atoms with Gasteiger partial charge in [-0.05, 0) is 24.3 Å². The number of benzene rings is 1. The van der Waals surface area contributed by atoms with E-state index in [1.54, 1.807) is 30.3 Å². The number of aliphatic carboxylic acids is 1. The Kier molecular flexibility index (Phi) is 5.33. The molecule has 5 heteroatoms. The van der Waals surface area contributed by atoms with E-state index in [0.717, 1.165) is 25.7 Å². The van der Waals surface area contributed by atoms with Gasteiger partial charge in [0.15, 0.2) is 6.04 Å². The average molecular weight is 291 g/mol. The standard InChI is InChI=1S/C16H21NO4/c18-13-9-5-4-8-12(13)10-14(19)17-15(16(20)21)11-6-2-1-3-7-11/h1-3,6-7,12-13,15,18H,4-5,8-10H2,(H,17,19)(H,20,21)/t12-,13+,15-/m0/s1. The summed E-state index contributed by atoms with van der Waals surface area (Å²) < 4.78 is 0. The lowest BCUT2D eigenvalue weighted by Gasteiger charge is -2.27. The number of carbonyl (C=O) groups excluding carboxylic acids is 1. The van der Waals surface area contributed by atoms with E-state index in [1.807, 2.05) is 0 Å². The van der Waals surface area contributed by atoms with Gasteiger partial charge in [0.1, 0.15) is 0 Å². The zero-order valence-corrected chi connectivity index (χ0v) is 11.9. The van der Waals surface area contributed by atoms with Crippen LogP contribution in [0.25, 0.3) is 0 Å². The fourth-order valence-electron chi connectivity index (χ4n) is 2.82. The molecule has 1 saturated carbocycles. The number of aliphatic hydroxyl groups excluding tert-OH is 1. The van der Waals surface area contributed by atoms with Crippen LogP contribution >= 0.6 is 0 Å². The third-order valence-electron chi connectivity index (χ3n) is 4.00. The number of aliphatic hydroxyl groups is 1. The van der Waals surface area contributed by atoms with Gasteiger partial charge in [0.25, 0.3) is 0 Å². The highest BCUT2D eigenvalue weighted by Gasteiger charge is 2.28. The van der Waals surface area contributed by atoms with Crippen LogP contribution in [0.2, 0.25) is 0 Å². The van der Waals surface area contributed by atoms with Gasteiger partial charge < -0.3 is 15.5 Å². The molecule has 2 rings (SSSR count). The second kappa shape index (κ2) is 7.22. The van der Waals surface area contributed by atoms with E-state index in [4.69, 9.17) is 0 Å².